The van der Waals surface area contributed by atoms with Crippen LogP contribution in [0.5, 0.6) is 0 Å². The van der Waals surface area contributed by atoms with Crippen molar-refractivity contribution >= 4 is 11.6 Å². The van der Waals surface area contributed by atoms with Crippen LogP contribution in [-0.4, -0.2) is 61.5 Å². The number of nitrogens with two attached hydrogens (primary N) is 2. The minimum atomic E-state index is -4.23. The van der Waals surface area contributed by atoms with Crippen LogP contribution < -0.4 is 22.1 Å². The monoisotopic (exact) mass is 397 g/mol. The molecule has 2 aliphatic heterocycles. The zero-order valence-electron chi connectivity index (χ0n) is 15.0. The number of hydrogen-bond donors (Lipinski definition) is 4. The van der Waals surface area contributed by atoms with Crippen LogP contribution in [0, 0.1) is 23.7 Å². The third-order valence-electron chi connectivity index (χ3n) is 6.44. The summed E-state index contributed by atoms with van der Waals surface area (Å²) in [6.07, 6.45) is -2.01. The molecule has 5 nitrogen and oxygen atoms in total. The lowest BCUT2D eigenvalue weighted by Crippen LogP contribution is -2.67. The van der Waals surface area contributed by atoms with Crippen molar-refractivity contribution in [2.24, 2.45) is 35.1 Å². The number of nitrogens with one attached hydrogen (secondary N) is 2. The van der Waals surface area contributed by atoms with Crippen molar-refractivity contribution in [2.75, 3.05) is 32.7 Å². The maximum absolute atomic E-state index is 13.3. The molecule has 9 heteroatoms. The molecule has 26 heavy (non-hydrogen) atoms. The SMILES string of the molecule is NCC1CNC(C2CCC(Cl)C(C(F)(F)F)C2)NC1N1CC[C@@H](CN)C1. The van der Waals surface area contributed by atoms with Crippen LogP contribution in [0.4, 0.5) is 13.2 Å². The Morgan fingerprint density at radius 3 is 2.50 bits per heavy atom. The van der Waals surface area contributed by atoms with E-state index in [0.29, 0.717) is 31.8 Å². The van der Waals surface area contributed by atoms with E-state index in [-0.39, 0.29) is 30.6 Å². The fourth-order valence-corrected chi connectivity index (χ4v) is 5.17. The van der Waals surface area contributed by atoms with Crippen LogP contribution in [0.3, 0.4) is 0 Å². The van der Waals surface area contributed by atoms with Crippen molar-refractivity contribution in [1.82, 2.24) is 15.5 Å². The van der Waals surface area contributed by atoms with E-state index >= 15 is 0 Å². The van der Waals surface area contributed by atoms with Gasteiger partial charge in [0, 0.05) is 30.9 Å². The van der Waals surface area contributed by atoms with Crippen molar-refractivity contribution in [2.45, 2.75) is 49.6 Å². The van der Waals surface area contributed by atoms with Gasteiger partial charge in [-0.2, -0.15) is 13.2 Å². The standard InChI is InChI=1S/C17H31ClF3N5/c18-14-2-1-11(5-13(14)17(19,20)21)15-24-8-12(7-23)16(25-15)26-4-3-10(6-22)9-26/h10-16,24-25H,1-9,22-23H2/t10-,11?,12?,13?,14?,15?,16?/m0/s1. The molecule has 7 atom stereocenters. The lowest BCUT2D eigenvalue weighted by molar-refractivity contribution is -0.186. The highest BCUT2D eigenvalue weighted by molar-refractivity contribution is 6.20. The second-order valence-electron chi connectivity index (χ2n) is 8.12. The molecule has 3 aliphatic rings. The van der Waals surface area contributed by atoms with Crippen molar-refractivity contribution in [3.05, 3.63) is 0 Å². The van der Waals surface area contributed by atoms with Gasteiger partial charge in [-0.3, -0.25) is 10.2 Å². The summed E-state index contributed by atoms with van der Waals surface area (Å²) in [5, 5.41) is 6.17. The highest BCUT2D eigenvalue weighted by Gasteiger charge is 2.49. The normalized spacial score (nSPS) is 42.9. The third kappa shape index (κ3) is 4.47. The van der Waals surface area contributed by atoms with E-state index in [4.69, 9.17) is 23.1 Å². The van der Waals surface area contributed by atoms with Gasteiger partial charge < -0.3 is 16.8 Å². The fraction of sp³-hybridized carbons (Fsp3) is 1.00. The van der Waals surface area contributed by atoms with Crippen molar-refractivity contribution < 1.29 is 13.2 Å². The number of hydrogen-bond acceptors (Lipinski definition) is 5. The first-order valence-electron chi connectivity index (χ1n) is 9.67. The van der Waals surface area contributed by atoms with Gasteiger partial charge in [-0.25, -0.2) is 0 Å². The van der Waals surface area contributed by atoms with Gasteiger partial charge in [-0.1, -0.05) is 0 Å². The largest absolute Gasteiger partial charge is 0.393 e. The van der Waals surface area contributed by atoms with E-state index < -0.39 is 17.5 Å². The molecule has 3 rings (SSSR count). The summed E-state index contributed by atoms with van der Waals surface area (Å²) >= 11 is 5.98. The lowest BCUT2D eigenvalue weighted by atomic mass is 9.78. The number of rotatable bonds is 4. The number of nitrogens with zero attached hydrogens (tertiary/aromatic N) is 1. The molecule has 0 amide bonds. The van der Waals surface area contributed by atoms with Crippen LogP contribution in [0.1, 0.15) is 25.7 Å². The Bertz CT molecular complexity index is 466. The fourth-order valence-electron chi connectivity index (χ4n) is 4.80. The molecule has 6 N–H and O–H groups in total. The summed E-state index contributed by atoms with van der Waals surface area (Å²) < 4.78 is 39.9. The molecule has 1 aliphatic carbocycles. The predicted octanol–water partition coefficient (Wildman–Crippen LogP) is 1.27. The highest BCUT2D eigenvalue weighted by atomic mass is 35.5. The van der Waals surface area contributed by atoms with Gasteiger partial charge >= 0.3 is 6.18 Å². The zero-order valence-corrected chi connectivity index (χ0v) is 15.8. The van der Waals surface area contributed by atoms with Crippen LogP contribution in [0.15, 0.2) is 0 Å². The number of halogens is 4. The lowest BCUT2D eigenvalue weighted by Gasteiger charge is -2.47. The molecular formula is C17H31ClF3N5. The summed E-state index contributed by atoms with van der Waals surface area (Å²) in [5.41, 5.74) is 11.8. The number of likely N-dealkylation sites (tertiary alicyclic amines) is 1. The zero-order chi connectivity index (χ0) is 18.9. The Hall–Kier alpha value is -0.120. The van der Waals surface area contributed by atoms with Gasteiger partial charge in [0.1, 0.15) is 0 Å². The molecule has 0 aromatic rings. The van der Waals surface area contributed by atoms with Crippen molar-refractivity contribution in [3.63, 3.8) is 0 Å². The average molecular weight is 398 g/mol. The molecular weight excluding hydrogens is 367 g/mol. The predicted molar refractivity (Wildman–Crippen MR) is 96.5 cm³/mol. The van der Waals surface area contributed by atoms with Gasteiger partial charge in [0.25, 0.3) is 0 Å². The first-order valence-corrected chi connectivity index (χ1v) is 10.1. The van der Waals surface area contributed by atoms with E-state index in [9.17, 15) is 13.2 Å². The van der Waals surface area contributed by atoms with E-state index in [1.807, 2.05) is 0 Å². The molecule has 0 spiro atoms. The van der Waals surface area contributed by atoms with Gasteiger partial charge in [0.15, 0.2) is 0 Å². The average Bonchev–Trinajstić information content (AvgIpc) is 3.09. The van der Waals surface area contributed by atoms with Gasteiger partial charge in [-0.15, -0.1) is 11.6 Å². The summed E-state index contributed by atoms with van der Waals surface area (Å²) in [6.45, 7) is 3.82. The Balaban J connectivity index is 1.65. The molecule has 6 unspecified atom stereocenters. The Morgan fingerprint density at radius 2 is 1.88 bits per heavy atom. The smallest absolute Gasteiger partial charge is 0.330 e. The Kier molecular flexibility index (Phi) is 6.73. The molecule has 2 heterocycles. The maximum Gasteiger partial charge on any atom is 0.393 e. The molecule has 3 fully saturated rings. The van der Waals surface area contributed by atoms with Crippen LogP contribution in [0.2, 0.25) is 0 Å². The van der Waals surface area contributed by atoms with Crippen LogP contribution >= 0.6 is 11.6 Å². The summed E-state index contributed by atoms with van der Waals surface area (Å²) in [4.78, 5) is 2.37. The maximum atomic E-state index is 13.3. The van der Waals surface area contributed by atoms with Crippen LogP contribution in [-0.2, 0) is 0 Å². The first kappa shape index (κ1) is 20.6. The molecule has 1 saturated carbocycles. The molecule has 0 radical (unpaired) electrons. The first-order chi connectivity index (χ1) is 12.3. The quantitative estimate of drug-likeness (QED) is 0.537. The highest BCUT2D eigenvalue weighted by Crippen LogP contribution is 2.43. The third-order valence-corrected chi connectivity index (χ3v) is 6.96. The van der Waals surface area contributed by atoms with Crippen LogP contribution in [0.25, 0.3) is 0 Å². The van der Waals surface area contributed by atoms with Crippen molar-refractivity contribution in [3.8, 4) is 0 Å². The van der Waals surface area contributed by atoms with Gasteiger partial charge in [0.05, 0.1) is 18.2 Å². The molecule has 0 aromatic carbocycles. The summed E-state index contributed by atoms with van der Waals surface area (Å²) in [5.74, 6) is -0.772. The van der Waals surface area contributed by atoms with E-state index in [1.54, 1.807) is 0 Å². The van der Waals surface area contributed by atoms with E-state index in [1.165, 1.54) is 0 Å². The van der Waals surface area contributed by atoms with E-state index in [0.717, 1.165) is 26.1 Å². The minimum absolute atomic E-state index is 0.0772. The molecule has 0 bridgehead atoms. The Morgan fingerprint density at radius 1 is 1.12 bits per heavy atom. The number of alkyl halides is 4. The van der Waals surface area contributed by atoms with Gasteiger partial charge in [-0.05, 0) is 50.6 Å². The summed E-state index contributed by atoms with van der Waals surface area (Å²) in [6, 6.07) is 0. The Labute approximate surface area is 158 Å². The van der Waals surface area contributed by atoms with E-state index in [2.05, 4.69) is 15.5 Å². The minimum Gasteiger partial charge on any atom is -0.330 e. The molecule has 152 valence electrons. The molecule has 2 saturated heterocycles. The van der Waals surface area contributed by atoms with Crippen molar-refractivity contribution in [1.29, 1.82) is 0 Å². The second-order valence-corrected chi connectivity index (χ2v) is 8.68. The van der Waals surface area contributed by atoms with Gasteiger partial charge in [0.2, 0.25) is 0 Å². The second kappa shape index (κ2) is 8.49. The molecule has 0 aromatic heterocycles. The topological polar surface area (TPSA) is 79.3 Å². The summed E-state index contributed by atoms with van der Waals surface area (Å²) in [7, 11) is 0.